The van der Waals surface area contributed by atoms with Gasteiger partial charge in [0, 0.05) is 49.4 Å². The Morgan fingerprint density at radius 1 is 0.412 bits per heavy atom. The molecule has 238 valence electrons. The van der Waals surface area contributed by atoms with Crippen LogP contribution in [-0.4, -0.2) is 19.1 Å². The lowest BCUT2D eigenvalue weighted by Crippen LogP contribution is -1.97. The summed E-state index contributed by atoms with van der Waals surface area (Å²) in [6.45, 7) is 0. The van der Waals surface area contributed by atoms with Gasteiger partial charge in [0.15, 0.2) is 5.82 Å². The molecule has 11 rings (SSSR count). The second kappa shape index (κ2) is 10.8. The van der Waals surface area contributed by atoms with Gasteiger partial charge in [0.05, 0.1) is 33.1 Å². The van der Waals surface area contributed by atoms with Crippen molar-refractivity contribution in [3.8, 4) is 34.0 Å². The fraction of sp³-hybridized carbons (Fsp3) is 0. The lowest BCUT2D eigenvalue weighted by atomic mass is 10.1. The highest BCUT2D eigenvalue weighted by Gasteiger charge is 2.22. The Labute approximate surface area is 292 Å². The van der Waals surface area contributed by atoms with Gasteiger partial charge in [-0.3, -0.25) is 0 Å². The van der Waals surface area contributed by atoms with Gasteiger partial charge in [-0.2, -0.15) is 4.98 Å². The van der Waals surface area contributed by atoms with Gasteiger partial charge < -0.3 is 13.6 Å². The highest BCUT2D eigenvalue weighted by molar-refractivity contribution is 6.26. The van der Waals surface area contributed by atoms with E-state index in [1.165, 1.54) is 32.6 Å². The van der Waals surface area contributed by atoms with Gasteiger partial charge in [0.2, 0.25) is 5.71 Å². The second-order valence-corrected chi connectivity index (χ2v) is 13.0. The number of nitrogens with zero attached hydrogens (tertiary/aromatic N) is 4. The molecule has 0 amide bonds. The van der Waals surface area contributed by atoms with E-state index in [1.807, 2.05) is 36.4 Å². The second-order valence-electron chi connectivity index (χ2n) is 13.0. The number of para-hydroxylation sites is 4. The van der Waals surface area contributed by atoms with E-state index >= 15 is 0 Å². The van der Waals surface area contributed by atoms with Gasteiger partial charge >= 0.3 is 0 Å². The Morgan fingerprint density at radius 2 is 1.06 bits per heavy atom. The first-order chi connectivity index (χ1) is 25.3. The molecule has 4 heterocycles. The lowest BCUT2D eigenvalue weighted by Gasteiger charge is -2.11. The van der Waals surface area contributed by atoms with Crippen LogP contribution in [-0.2, 0) is 0 Å². The molecule has 4 aromatic heterocycles. The summed E-state index contributed by atoms with van der Waals surface area (Å²) in [6.07, 6.45) is 0. The molecular formula is C46H28N4O. The molecule has 0 fully saturated rings. The topological polar surface area (TPSA) is 48.8 Å². The third-order valence-electron chi connectivity index (χ3n) is 10.1. The van der Waals surface area contributed by atoms with E-state index < -0.39 is 0 Å². The van der Waals surface area contributed by atoms with Gasteiger partial charge in [-0.15, -0.1) is 0 Å². The Kier molecular flexibility index (Phi) is 5.89. The van der Waals surface area contributed by atoms with Crippen LogP contribution in [0.15, 0.2) is 174 Å². The van der Waals surface area contributed by atoms with E-state index in [4.69, 9.17) is 14.4 Å². The zero-order valence-corrected chi connectivity index (χ0v) is 27.4. The third kappa shape index (κ3) is 4.09. The van der Waals surface area contributed by atoms with Crippen molar-refractivity contribution < 1.29 is 4.42 Å². The molecular weight excluding hydrogens is 625 g/mol. The molecule has 0 radical (unpaired) electrons. The van der Waals surface area contributed by atoms with Gasteiger partial charge in [-0.1, -0.05) is 121 Å². The summed E-state index contributed by atoms with van der Waals surface area (Å²) in [6, 6.07) is 59.6. The Hall–Kier alpha value is -6.98. The first-order valence-corrected chi connectivity index (χ1v) is 17.2. The molecule has 0 atom stereocenters. The van der Waals surface area contributed by atoms with E-state index in [2.05, 4.69) is 143 Å². The van der Waals surface area contributed by atoms with Crippen LogP contribution in [0.3, 0.4) is 0 Å². The largest absolute Gasteiger partial charge is 0.438 e. The molecule has 0 saturated heterocycles. The molecule has 0 aliphatic carbocycles. The number of furan rings is 1. The van der Waals surface area contributed by atoms with Crippen molar-refractivity contribution in [1.29, 1.82) is 0 Å². The fourth-order valence-corrected chi connectivity index (χ4v) is 7.97. The number of fused-ring (bicyclic) bond motifs is 10. The molecule has 0 N–H and O–H groups in total. The molecule has 0 bridgehead atoms. The average Bonchev–Trinajstić information content (AvgIpc) is 3.86. The van der Waals surface area contributed by atoms with Crippen molar-refractivity contribution in [3.05, 3.63) is 170 Å². The highest BCUT2D eigenvalue weighted by atomic mass is 16.3. The molecule has 0 spiro atoms. The average molecular weight is 653 g/mol. The van der Waals surface area contributed by atoms with Crippen molar-refractivity contribution in [2.75, 3.05) is 0 Å². The van der Waals surface area contributed by atoms with Crippen LogP contribution in [0.5, 0.6) is 0 Å². The van der Waals surface area contributed by atoms with Crippen LogP contribution in [0.2, 0.25) is 0 Å². The van der Waals surface area contributed by atoms with E-state index in [0.29, 0.717) is 11.5 Å². The Bertz CT molecular complexity index is 3130. The number of rotatable bonds is 4. The molecule has 7 aromatic carbocycles. The smallest absolute Gasteiger partial charge is 0.231 e. The van der Waals surface area contributed by atoms with E-state index in [1.54, 1.807) is 0 Å². The Balaban J connectivity index is 1.18. The van der Waals surface area contributed by atoms with Crippen molar-refractivity contribution in [2.24, 2.45) is 0 Å². The first-order valence-electron chi connectivity index (χ1n) is 17.2. The highest BCUT2D eigenvalue weighted by Crippen LogP contribution is 2.42. The maximum atomic E-state index is 6.35. The summed E-state index contributed by atoms with van der Waals surface area (Å²) in [5, 5.41) is 6.84. The van der Waals surface area contributed by atoms with Crippen LogP contribution >= 0.6 is 0 Å². The summed E-state index contributed by atoms with van der Waals surface area (Å²) < 4.78 is 11.1. The van der Waals surface area contributed by atoms with Gasteiger partial charge in [0.1, 0.15) is 5.58 Å². The minimum Gasteiger partial charge on any atom is -0.438 e. The van der Waals surface area contributed by atoms with Crippen LogP contribution in [0.4, 0.5) is 0 Å². The van der Waals surface area contributed by atoms with Gasteiger partial charge in [-0.05, 0) is 48.5 Å². The van der Waals surface area contributed by atoms with Crippen LogP contribution in [0, 0.1) is 0 Å². The number of hydrogen-bond acceptors (Lipinski definition) is 3. The lowest BCUT2D eigenvalue weighted by molar-refractivity contribution is 0.653. The molecule has 11 aromatic rings. The number of hydrogen-bond donors (Lipinski definition) is 0. The number of benzene rings is 7. The zero-order chi connectivity index (χ0) is 33.5. The maximum absolute atomic E-state index is 6.35. The predicted molar refractivity (Wildman–Crippen MR) is 209 cm³/mol. The third-order valence-corrected chi connectivity index (χ3v) is 10.1. The SMILES string of the molecule is c1ccc(-c2nc(-c3cccc(-n4c5ccccc5c5c4ccc4c6ccccc6n(-c6ccccc6)c45)c3)nc3oc4ccccc4c23)cc1. The van der Waals surface area contributed by atoms with Crippen molar-refractivity contribution >= 4 is 65.7 Å². The van der Waals surface area contributed by atoms with E-state index in [9.17, 15) is 0 Å². The summed E-state index contributed by atoms with van der Waals surface area (Å²) in [5.41, 5.74) is 11.0. The van der Waals surface area contributed by atoms with E-state index in [0.717, 1.165) is 55.6 Å². The summed E-state index contributed by atoms with van der Waals surface area (Å²) >= 11 is 0. The van der Waals surface area contributed by atoms with Crippen LogP contribution < -0.4 is 0 Å². The summed E-state index contributed by atoms with van der Waals surface area (Å²) in [5.74, 6) is 0.620. The Morgan fingerprint density at radius 3 is 1.88 bits per heavy atom. The van der Waals surface area contributed by atoms with Gasteiger partial charge in [0.25, 0.3) is 0 Å². The summed E-state index contributed by atoms with van der Waals surface area (Å²) in [7, 11) is 0. The minimum absolute atomic E-state index is 0.582. The zero-order valence-electron chi connectivity index (χ0n) is 27.4. The molecule has 5 heteroatoms. The molecule has 5 nitrogen and oxygen atoms in total. The minimum atomic E-state index is 0.582. The normalized spacial score (nSPS) is 11.9. The summed E-state index contributed by atoms with van der Waals surface area (Å²) in [4.78, 5) is 10.3. The molecule has 51 heavy (non-hydrogen) atoms. The van der Waals surface area contributed by atoms with Crippen LogP contribution in [0.1, 0.15) is 0 Å². The van der Waals surface area contributed by atoms with Crippen molar-refractivity contribution in [1.82, 2.24) is 19.1 Å². The first kappa shape index (κ1) is 27.9. The molecule has 0 aliphatic rings. The predicted octanol–water partition coefficient (Wildman–Crippen LogP) is 11.9. The van der Waals surface area contributed by atoms with Crippen molar-refractivity contribution in [2.45, 2.75) is 0 Å². The van der Waals surface area contributed by atoms with E-state index in [-0.39, 0.29) is 0 Å². The monoisotopic (exact) mass is 652 g/mol. The maximum Gasteiger partial charge on any atom is 0.231 e. The number of aromatic nitrogens is 4. The molecule has 0 unspecified atom stereocenters. The standard InChI is InChI=1S/C46H28N4O/c1-3-14-29(15-4-1)43-42-36-22-9-12-25-40(36)51-46(42)48-45(47-43)30-16-13-19-32(28-30)49-38-24-11-8-21-35(38)41-39(49)27-26-34-33-20-7-10-23-37(33)50(44(34)41)31-17-5-2-6-18-31/h1-28H. The quantitative estimate of drug-likeness (QED) is 0.190. The molecule has 0 saturated carbocycles. The van der Waals surface area contributed by atoms with Crippen LogP contribution in [0.25, 0.3) is 99.7 Å². The fourth-order valence-electron chi connectivity index (χ4n) is 7.97. The molecule has 0 aliphatic heterocycles. The van der Waals surface area contributed by atoms with Crippen molar-refractivity contribution in [3.63, 3.8) is 0 Å². The van der Waals surface area contributed by atoms with Gasteiger partial charge in [-0.25, -0.2) is 4.98 Å².